The molecule has 2 amide bonds. The molecule has 0 aliphatic carbocycles. The van der Waals surface area contributed by atoms with Crippen molar-refractivity contribution in [3.63, 3.8) is 0 Å². The van der Waals surface area contributed by atoms with Gasteiger partial charge in [-0.2, -0.15) is 0 Å². The number of nitrogens with one attached hydrogen (secondary N) is 2. The third-order valence-corrected chi connectivity index (χ3v) is 4.00. The molecule has 0 saturated heterocycles. The van der Waals surface area contributed by atoms with Crippen LogP contribution in [-0.2, 0) is 30.4 Å². The second-order valence-electron chi connectivity index (χ2n) is 6.47. The van der Waals surface area contributed by atoms with Crippen LogP contribution in [-0.4, -0.2) is 68.3 Å². The van der Waals surface area contributed by atoms with Gasteiger partial charge in [0, 0.05) is 6.42 Å². The summed E-state index contributed by atoms with van der Waals surface area (Å²) in [6.07, 6.45) is -1.72. The van der Waals surface area contributed by atoms with Gasteiger partial charge in [0.25, 0.3) is 0 Å². The molecule has 0 fully saturated rings. The van der Waals surface area contributed by atoms with Crippen molar-refractivity contribution >= 4 is 29.7 Å². The van der Waals surface area contributed by atoms with Gasteiger partial charge in [0.15, 0.2) is 0 Å². The zero-order valence-corrected chi connectivity index (χ0v) is 15.8. The summed E-state index contributed by atoms with van der Waals surface area (Å²) in [6, 6.07) is 1.57. The molecule has 0 aromatic heterocycles. The Labute approximate surface area is 170 Å². The maximum Gasteiger partial charge on any atom is 0.326 e. The topological polar surface area (TPSA) is 216 Å². The zero-order valence-electron chi connectivity index (χ0n) is 15.8. The predicted octanol–water partition coefficient (Wildman–Crippen LogP) is -1.34. The quantitative estimate of drug-likeness (QED) is 0.209. The number of rotatable bonds is 12. The number of carboxylic acids is 3. The number of benzene rings is 1. The summed E-state index contributed by atoms with van der Waals surface area (Å²) in [5.41, 5.74) is 6.43. The van der Waals surface area contributed by atoms with Gasteiger partial charge in [-0.1, -0.05) is 12.1 Å². The molecule has 0 bridgehead atoms. The Balaban J connectivity index is 2.84. The Hall–Kier alpha value is -3.67. The number of aliphatic carboxylic acids is 3. The fourth-order valence-electron chi connectivity index (χ4n) is 2.44. The van der Waals surface area contributed by atoms with Crippen molar-refractivity contribution in [1.82, 2.24) is 10.6 Å². The Morgan fingerprint density at radius 1 is 0.867 bits per heavy atom. The van der Waals surface area contributed by atoms with Crippen LogP contribution in [0.4, 0.5) is 0 Å². The SMILES string of the molecule is N[C@@H](Cc1ccc(O)cc1)C(=O)N[C@@H](CCC(=O)O)C(=O)N[C@@H](CC(=O)O)C(=O)O. The summed E-state index contributed by atoms with van der Waals surface area (Å²) in [4.78, 5) is 57.4. The highest BCUT2D eigenvalue weighted by atomic mass is 16.4. The van der Waals surface area contributed by atoms with Gasteiger partial charge in [-0.25, -0.2) is 4.79 Å². The van der Waals surface area contributed by atoms with Crippen molar-refractivity contribution in [3.05, 3.63) is 29.8 Å². The fraction of sp³-hybridized carbons (Fsp3) is 0.389. The van der Waals surface area contributed by atoms with E-state index in [9.17, 15) is 29.1 Å². The van der Waals surface area contributed by atoms with E-state index in [4.69, 9.17) is 21.1 Å². The lowest BCUT2D eigenvalue weighted by molar-refractivity contribution is -0.147. The lowest BCUT2D eigenvalue weighted by atomic mass is 10.0. The van der Waals surface area contributed by atoms with Gasteiger partial charge in [0.1, 0.15) is 17.8 Å². The molecule has 0 aliphatic rings. The van der Waals surface area contributed by atoms with Gasteiger partial charge in [-0.3, -0.25) is 19.2 Å². The molecule has 3 atom stereocenters. The summed E-state index contributed by atoms with van der Waals surface area (Å²) >= 11 is 0. The van der Waals surface area contributed by atoms with E-state index in [1.165, 1.54) is 12.1 Å². The minimum absolute atomic E-state index is 0.0246. The van der Waals surface area contributed by atoms with Crippen molar-refractivity contribution in [2.75, 3.05) is 0 Å². The zero-order chi connectivity index (χ0) is 22.8. The molecule has 8 N–H and O–H groups in total. The number of aromatic hydroxyl groups is 1. The van der Waals surface area contributed by atoms with E-state index in [2.05, 4.69) is 5.32 Å². The van der Waals surface area contributed by atoms with Gasteiger partial charge in [-0.15, -0.1) is 0 Å². The Kier molecular flexibility index (Phi) is 9.23. The minimum atomic E-state index is -1.76. The molecule has 1 aromatic rings. The third-order valence-electron chi connectivity index (χ3n) is 4.00. The number of hydrogen-bond donors (Lipinski definition) is 7. The van der Waals surface area contributed by atoms with E-state index in [0.717, 1.165) is 0 Å². The number of carbonyl (C=O) groups excluding carboxylic acids is 2. The first-order valence-electron chi connectivity index (χ1n) is 8.80. The molecule has 164 valence electrons. The van der Waals surface area contributed by atoms with E-state index in [-0.39, 0.29) is 18.6 Å². The van der Waals surface area contributed by atoms with Gasteiger partial charge in [0.2, 0.25) is 11.8 Å². The molecular weight excluding hydrogens is 402 g/mol. The van der Waals surface area contributed by atoms with Crippen molar-refractivity contribution in [1.29, 1.82) is 0 Å². The largest absolute Gasteiger partial charge is 0.508 e. The predicted molar refractivity (Wildman–Crippen MR) is 100 cm³/mol. The molecule has 30 heavy (non-hydrogen) atoms. The van der Waals surface area contributed by atoms with E-state index in [1.54, 1.807) is 12.1 Å². The lowest BCUT2D eigenvalue weighted by Crippen LogP contribution is -2.55. The second kappa shape index (κ2) is 11.4. The summed E-state index contributed by atoms with van der Waals surface area (Å²) in [5, 5.41) is 40.1. The van der Waals surface area contributed by atoms with Crippen molar-refractivity contribution < 1.29 is 44.4 Å². The van der Waals surface area contributed by atoms with Crippen LogP contribution in [0, 0.1) is 0 Å². The normalized spacial score (nSPS) is 13.5. The summed E-state index contributed by atoms with van der Waals surface area (Å²) in [6.45, 7) is 0. The molecule has 0 heterocycles. The molecule has 12 nitrogen and oxygen atoms in total. The molecule has 0 aliphatic heterocycles. The highest BCUT2D eigenvalue weighted by molar-refractivity contribution is 5.93. The molecule has 0 unspecified atom stereocenters. The first-order chi connectivity index (χ1) is 14.0. The summed E-state index contributed by atoms with van der Waals surface area (Å²) in [5.74, 6) is -6.14. The number of phenols is 1. The van der Waals surface area contributed by atoms with Gasteiger partial charge < -0.3 is 36.8 Å². The van der Waals surface area contributed by atoms with Crippen LogP contribution < -0.4 is 16.4 Å². The van der Waals surface area contributed by atoms with E-state index >= 15 is 0 Å². The lowest BCUT2D eigenvalue weighted by Gasteiger charge is -2.22. The molecular formula is C18H23N3O9. The Morgan fingerprint density at radius 2 is 1.43 bits per heavy atom. The van der Waals surface area contributed by atoms with Crippen LogP contribution >= 0.6 is 0 Å². The van der Waals surface area contributed by atoms with Gasteiger partial charge >= 0.3 is 17.9 Å². The molecule has 0 saturated carbocycles. The number of amides is 2. The highest BCUT2D eigenvalue weighted by Crippen LogP contribution is 2.11. The smallest absolute Gasteiger partial charge is 0.326 e. The Morgan fingerprint density at radius 3 is 1.93 bits per heavy atom. The van der Waals surface area contributed by atoms with Crippen molar-refractivity contribution in [2.24, 2.45) is 5.73 Å². The van der Waals surface area contributed by atoms with Gasteiger partial charge in [0.05, 0.1) is 12.5 Å². The highest BCUT2D eigenvalue weighted by Gasteiger charge is 2.29. The van der Waals surface area contributed by atoms with Crippen LogP contribution in [0.1, 0.15) is 24.8 Å². The Bertz CT molecular complexity index is 795. The van der Waals surface area contributed by atoms with Crippen molar-refractivity contribution in [2.45, 2.75) is 43.8 Å². The van der Waals surface area contributed by atoms with Gasteiger partial charge in [-0.05, 0) is 30.5 Å². The average molecular weight is 425 g/mol. The van der Waals surface area contributed by atoms with E-state index < -0.39 is 60.7 Å². The monoisotopic (exact) mass is 425 g/mol. The number of carbonyl (C=O) groups is 5. The standard InChI is InChI=1S/C18H23N3O9/c19-11(7-9-1-3-10(22)4-2-9)16(27)20-12(5-6-14(23)24)17(28)21-13(18(29)30)8-15(25)26/h1-4,11-13,22H,5-8,19H2,(H,20,27)(H,21,28)(H,23,24)(H,25,26)(H,29,30)/t11-,12-,13-/m0/s1. The number of phenolic OH excluding ortho intramolecular Hbond substituents is 1. The van der Waals surface area contributed by atoms with Crippen LogP contribution in [0.5, 0.6) is 5.75 Å². The molecule has 0 radical (unpaired) electrons. The molecule has 12 heteroatoms. The average Bonchev–Trinajstić information content (AvgIpc) is 2.65. The maximum atomic E-state index is 12.4. The van der Waals surface area contributed by atoms with E-state index in [1.807, 2.05) is 5.32 Å². The van der Waals surface area contributed by atoms with Crippen LogP contribution in [0.25, 0.3) is 0 Å². The first-order valence-corrected chi connectivity index (χ1v) is 8.80. The van der Waals surface area contributed by atoms with E-state index in [0.29, 0.717) is 5.56 Å². The molecule has 1 aromatic carbocycles. The fourth-order valence-corrected chi connectivity index (χ4v) is 2.44. The number of hydrogen-bond acceptors (Lipinski definition) is 7. The minimum Gasteiger partial charge on any atom is -0.508 e. The van der Waals surface area contributed by atoms with Crippen LogP contribution in [0.2, 0.25) is 0 Å². The molecule has 0 spiro atoms. The van der Waals surface area contributed by atoms with Crippen LogP contribution in [0.3, 0.4) is 0 Å². The second-order valence-corrected chi connectivity index (χ2v) is 6.47. The number of carboxylic acid groups (broad SMARTS) is 3. The number of nitrogens with two attached hydrogens (primary N) is 1. The van der Waals surface area contributed by atoms with Crippen LogP contribution in [0.15, 0.2) is 24.3 Å². The summed E-state index contributed by atoms with van der Waals surface area (Å²) in [7, 11) is 0. The third kappa shape index (κ3) is 8.56. The first kappa shape index (κ1) is 24.4. The summed E-state index contributed by atoms with van der Waals surface area (Å²) < 4.78 is 0. The van der Waals surface area contributed by atoms with Crippen molar-refractivity contribution in [3.8, 4) is 5.75 Å². The molecule has 1 rings (SSSR count). The maximum absolute atomic E-state index is 12.4.